The number of hydrogen-bond donors (Lipinski definition) is 0. The highest BCUT2D eigenvalue weighted by molar-refractivity contribution is 8.26. The number of piperidine rings is 1. The van der Waals surface area contributed by atoms with Gasteiger partial charge in [-0.2, -0.15) is 9.40 Å². The number of unbranched alkanes of at least 4 members (excludes halogenated alkanes) is 1. The van der Waals surface area contributed by atoms with Gasteiger partial charge < -0.3 is 0 Å². The van der Waals surface area contributed by atoms with Crippen LogP contribution in [0.5, 0.6) is 0 Å². The summed E-state index contributed by atoms with van der Waals surface area (Å²) >= 11 is 6.79. The minimum Gasteiger partial charge on any atom is -0.293 e. The van der Waals surface area contributed by atoms with Gasteiger partial charge in [0, 0.05) is 37.0 Å². The van der Waals surface area contributed by atoms with E-state index in [1.165, 1.54) is 11.8 Å². The summed E-state index contributed by atoms with van der Waals surface area (Å²) < 4.78 is 30.9. The maximum absolute atomic E-state index is 13.5. The van der Waals surface area contributed by atoms with E-state index >= 15 is 0 Å². The van der Waals surface area contributed by atoms with Crippen LogP contribution in [0, 0.1) is 5.92 Å². The molecule has 0 spiro atoms. The minimum absolute atomic E-state index is 0.104. The number of sulfonamides is 1. The highest BCUT2D eigenvalue weighted by Gasteiger charge is 2.32. The van der Waals surface area contributed by atoms with Gasteiger partial charge in [0.05, 0.1) is 15.5 Å². The number of para-hydroxylation sites is 1. The molecule has 0 bridgehead atoms. The molecule has 3 heterocycles. The summed E-state index contributed by atoms with van der Waals surface area (Å²) in [7, 11) is -3.63. The fourth-order valence-electron chi connectivity index (χ4n) is 4.76. The van der Waals surface area contributed by atoms with Crippen LogP contribution >= 0.6 is 24.0 Å². The van der Waals surface area contributed by atoms with E-state index in [2.05, 4.69) is 13.8 Å². The second kappa shape index (κ2) is 11.8. The van der Waals surface area contributed by atoms with Crippen molar-refractivity contribution in [3.8, 4) is 16.9 Å². The van der Waals surface area contributed by atoms with Crippen LogP contribution in [0.3, 0.4) is 0 Å². The molecule has 0 atom stereocenters. The zero-order valence-corrected chi connectivity index (χ0v) is 24.6. The number of aromatic nitrogens is 2. The lowest BCUT2D eigenvalue weighted by Gasteiger charge is -2.29. The quantitative estimate of drug-likeness (QED) is 0.242. The van der Waals surface area contributed by atoms with Gasteiger partial charge in [-0.3, -0.25) is 9.69 Å². The maximum atomic E-state index is 13.5. The van der Waals surface area contributed by atoms with Crippen molar-refractivity contribution in [3.05, 3.63) is 71.3 Å². The number of thiocarbonyl (C=S) groups is 1. The number of carbonyl (C=O) groups is 1. The van der Waals surface area contributed by atoms with E-state index < -0.39 is 10.0 Å². The highest BCUT2D eigenvalue weighted by Crippen LogP contribution is 2.36. The summed E-state index contributed by atoms with van der Waals surface area (Å²) in [5.41, 5.74) is 2.85. The predicted molar refractivity (Wildman–Crippen MR) is 161 cm³/mol. The molecule has 204 valence electrons. The lowest BCUT2D eigenvalue weighted by Crippen LogP contribution is -2.37. The van der Waals surface area contributed by atoms with Crippen molar-refractivity contribution in [3.63, 3.8) is 0 Å². The molecular formula is C29H32N4O3S3. The van der Waals surface area contributed by atoms with Crippen LogP contribution in [0.25, 0.3) is 23.0 Å². The van der Waals surface area contributed by atoms with E-state index in [0.29, 0.717) is 46.0 Å². The summed E-state index contributed by atoms with van der Waals surface area (Å²) in [6, 6.07) is 16.6. The van der Waals surface area contributed by atoms with Gasteiger partial charge in [0.25, 0.3) is 5.91 Å². The van der Waals surface area contributed by atoms with Crippen molar-refractivity contribution < 1.29 is 13.2 Å². The zero-order valence-electron chi connectivity index (χ0n) is 22.1. The molecule has 2 aromatic carbocycles. The normalized spacial score (nSPS) is 18.4. The lowest BCUT2D eigenvalue weighted by atomic mass is 10.0. The Kier molecular flexibility index (Phi) is 8.37. The Bertz CT molecular complexity index is 1510. The summed E-state index contributed by atoms with van der Waals surface area (Å²) in [5.74, 6) is 0.426. The topological polar surface area (TPSA) is 75.5 Å². The molecule has 7 nitrogen and oxygen atoms in total. The Morgan fingerprint density at radius 2 is 1.85 bits per heavy atom. The Hall–Kier alpha value is -2.79. The molecule has 5 rings (SSSR count). The predicted octanol–water partition coefficient (Wildman–Crippen LogP) is 5.96. The van der Waals surface area contributed by atoms with Gasteiger partial charge in [0.1, 0.15) is 10.0 Å². The molecule has 1 aromatic heterocycles. The number of carbonyl (C=O) groups excluding carboxylic acids is 1. The van der Waals surface area contributed by atoms with Crippen LogP contribution in [0.2, 0.25) is 0 Å². The van der Waals surface area contributed by atoms with E-state index in [-0.39, 0.29) is 10.8 Å². The van der Waals surface area contributed by atoms with Crippen molar-refractivity contribution in [1.29, 1.82) is 0 Å². The fraction of sp³-hybridized carbons (Fsp3) is 0.345. The van der Waals surface area contributed by atoms with E-state index in [9.17, 15) is 13.2 Å². The zero-order chi connectivity index (χ0) is 27.6. The van der Waals surface area contributed by atoms with Crippen molar-refractivity contribution >= 4 is 50.3 Å². The van der Waals surface area contributed by atoms with Crippen LogP contribution < -0.4 is 0 Å². The molecule has 0 unspecified atom stereocenters. The number of rotatable bonds is 8. The molecule has 2 fully saturated rings. The standard InChI is InChI=1S/C29H32N4O3S3/c1-3-4-15-32-28(34)26(38-29(32)37)19-23-20-33(24-10-6-5-7-11-24)30-27(23)22-9-8-12-25(18-22)39(35,36)31-16-13-21(2)14-17-31/h5-12,18-21H,3-4,13-17H2,1-2H3. The average molecular weight is 581 g/mol. The third-order valence-corrected chi connectivity index (χ3v) is 10.4. The van der Waals surface area contributed by atoms with Crippen LogP contribution in [-0.4, -0.2) is 57.3 Å². The van der Waals surface area contributed by atoms with Gasteiger partial charge in [-0.25, -0.2) is 13.1 Å². The smallest absolute Gasteiger partial charge is 0.266 e. The highest BCUT2D eigenvalue weighted by atomic mass is 32.2. The second-order valence-corrected chi connectivity index (χ2v) is 13.6. The molecule has 10 heteroatoms. The van der Waals surface area contributed by atoms with Crippen molar-refractivity contribution in [1.82, 2.24) is 19.0 Å². The molecule has 3 aromatic rings. The number of benzene rings is 2. The Morgan fingerprint density at radius 1 is 1.10 bits per heavy atom. The van der Waals surface area contributed by atoms with Crippen molar-refractivity contribution in [2.75, 3.05) is 19.6 Å². The van der Waals surface area contributed by atoms with Gasteiger partial charge in [-0.15, -0.1) is 0 Å². The van der Waals surface area contributed by atoms with Crippen LogP contribution in [0.1, 0.15) is 45.1 Å². The van der Waals surface area contributed by atoms with Gasteiger partial charge in [-0.05, 0) is 55.5 Å². The summed E-state index contributed by atoms with van der Waals surface area (Å²) in [6.45, 7) is 5.90. The second-order valence-electron chi connectivity index (χ2n) is 10.0. The van der Waals surface area contributed by atoms with Gasteiger partial charge in [-0.1, -0.05) is 74.6 Å². The minimum atomic E-state index is -3.63. The van der Waals surface area contributed by atoms with E-state index in [1.54, 1.807) is 32.1 Å². The van der Waals surface area contributed by atoms with Crippen LogP contribution in [0.4, 0.5) is 0 Å². The lowest BCUT2D eigenvalue weighted by molar-refractivity contribution is -0.122. The van der Waals surface area contributed by atoms with Crippen LogP contribution in [0.15, 0.2) is 70.6 Å². The van der Waals surface area contributed by atoms with Gasteiger partial charge in [0.2, 0.25) is 10.0 Å². The van der Waals surface area contributed by atoms with E-state index in [1.807, 2.05) is 48.7 Å². The Labute approximate surface area is 239 Å². The van der Waals surface area contributed by atoms with Crippen molar-refractivity contribution in [2.24, 2.45) is 5.92 Å². The first-order valence-electron chi connectivity index (χ1n) is 13.3. The van der Waals surface area contributed by atoms with Crippen LogP contribution in [-0.2, 0) is 14.8 Å². The molecular weight excluding hydrogens is 549 g/mol. The molecule has 2 aliphatic rings. The third kappa shape index (κ3) is 5.89. The first kappa shape index (κ1) is 27.8. The number of hydrogen-bond acceptors (Lipinski definition) is 6. The molecule has 0 radical (unpaired) electrons. The van der Waals surface area contributed by atoms with Gasteiger partial charge in [0.15, 0.2) is 0 Å². The summed E-state index contributed by atoms with van der Waals surface area (Å²) in [5, 5.41) is 4.85. The van der Waals surface area contributed by atoms with E-state index in [0.717, 1.165) is 36.9 Å². The maximum Gasteiger partial charge on any atom is 0.266 e. The first-order valence-corrected chi connectivity index (χ1v) is 16.0. The molecule has 0 N–H and O–H groups in total. The molecule has 39 heavy (non-hydrogen) atoms. The number of thioether (sulfide) groups is 1. The summed E-state index contributed by atoms with van der Waals surface area (Å²) in [4.78, 5) is 15.6. The number of nitrogens with zero attached hydrogens (tertiary/aromatic N) is 4. The molecule has 0 saturated carbocycles. The van der Waals surface area contributed by atoms with Gasteiger partial charge >= 0.3 is 0 Å². The van der Waals surface area contributed by atoms with E-state index in [4.69, 9.17) is 17.3 Å². The third-order valence-electron chi connectivity index (χ3n) is 7.15. The molecule has 0 aliphatic carbocycles. The Balaban J connectivity index is 1.55. The molecule has 2 aliphatic heterocycles. The average Bonchev–Trinajstić information content (AvgIpc) is 3.48. The first-order chi connectivity index (χ1) is 18.8. The van der Waals surface area contributed by atoms with Crippen molar-refractivity contribution in [2.45, 2.75) is 44.4 Å². The molecule has 1 amide bonds. The monoisotopic (exact) mass is 580 g/mol. The Morgan fingerprint density at radius 3 is 2.56 bits per heavy atom. The largest absolute Gasteiger partial charge is 0.293 e. The molecule has 2 saturated heterocycles. The number of amides is 1. The fourth-order valence-corrected chi connectivity index (χ4v) is 7.57. The SMILES string of the molecule is CCCCN1C(=O)C(=Cc2cn(-c3ccccc3)nc2-c2cccc(S(=O)(=O)N3CCC(C)CC3)c2)SC1=S. The summed E-state index contributed by atoms with van der Waals surface area (Å²) in [6.07, 6.45) is 7.27.